The summed E-state index contributed by atoms with van der Waals surface area (Å²) >= 11 is 0. The van der Waals surface area contributed by atoms with Crippen LogP contribution in [-0.2, 0) is 14.3 Å². The predicted octanol–water partition coefficient (Wildman–Crippen LogP) is 2.90. The van der Waals surface area contributed by atoms with E-state index < -0.39 is 29.3 Å². The van der Waals surface area contributed by atoms with Crippen LogP contribution in [0.4, 0.5) is 4.39 Å². The molecule has 1 atom stereocenters. The quantitative estimate of drug-likeness (QED) is 0.410. The van der Waals surface area contributed by atoms with Crippen molar-refractivity contribution >= 4 is 17.4 Å². The number of aliphatic hydroxyl groups is 1. The lowest BCUT2D eigenvalue weighted by Gasteiger charge is -2.31. The van der Waals surface area contributed by atoms with Gasteiger partial charge in [0.05, 0.1) is 30.4 Å². The first-order valence-electron chi connectivity index (χ1n) is 10.9. The van der Waals surface area contributed by atoms with Crippen LogP contribution in [0.15, 0.2) is 42.0 Å². The van der Waals surface area contributed by atoms with Crippen LogP contribution in [0.2, 0.25) is 0 Å². The van der Waals surface area contributed by atoms with E-state index in [-0.39, 0.29) is 29.0 Å². The van der Waals surface area contributed by atoms with Crippen LogP contribution >= 0.6 is 0 Å². The number of hydrogen-bond acceptors (Lipinski definition) is 6. The lowest BCUT2D eigenvalue weighted by Crippen LogP contribution is -2.42. The molecule has 33 heavy (non-hydrogen) atoms. The Morgan fingerprint density at radius 2 is 1.76 bits per heavy atom. The van der Waals surface area contributed by atoms with Gasteiger partial charge in [-0.1, -0.05) is 18.2 Å². The molecule has 0 saturated carbocycles. The maximum absolute atomic E-state index is 14.9. The lowest BCUT2D eigenvalue weighted by molar-refractivity contribution is -0.140. The first-order valence-corrected chi connectivity index (χ1v) is 10.9. The van der Waals surface area contributed by atoms with Gasteiger partial charge in [-0.3, -0.25) is 14.5 Å². The predicted molar refractivity (Wildman–Crippen MR) is 120 cm³/mol. The van der Waals surface area contributed by atoms with Gasteiger partial charge in [0.15, 0.2) is 0 Å². The summed E-state index contributed by atoms with van der Waals surface area (Å²) in [4.78, 5) is 29.5. The molecule has 2 aliphatic heterocycles. The molecule has 0 aliphatic carbocycles. The minimum Gasteiger partial charge on any atom is -0.507 e. The molecule has 2 saturated heterocycles. The number of carbonyl (C=O) groups excluding carboxylic acids is 2. The highest BCUT2D eigenvalue weighted by Gasteiger charge is 2.47. The SMILES string of the molecule is Cc1cc(O)c(C(O)=C2C(=O)C(=O)N(CCN3CCOCC3)[C@@H]2c2ccccc2F)cc1C. The number of Topliss-reactive ketones (excluding diaryl/α,β-unsaturated/α-hetero) is 1. The summed E-state index contributed by atoms with van der Waals surface area (Å²) in [7, 11) is 0. The smallest absolute Gasteiger partial charge is 0.295 e. The van der Waals surface area contributed by atoms with Crippen molar-refractivity contribution in [3.05, 3.63) is 70.0 Å². The Labute approximate surface area is 191 Å². The Bertz CT molecular complexity index is 1120. The number of likely N-dealkylation sites (tertiary alicyclic amines) is 1. The number of halogens is 1. The largest absolute Gasteiger partial charge is 0.507 e. The molecular formula is C25H27FN2O5. The van der Waals surface area contributed by atoms with Crippen LogP contribution in [0.5, 0.6) is 5.75 Å². The number of ketones is 1. The number of rotatable bonds is 5. The molecule has 0 spiro atoms. The van der Waals surface area contributed by atoms with Gasteiger partial charge in [-0.2, -0.15) is 0 Å². The Kier molecular flexibility index (Phi) is 6.49. The van der Waals surface area contributed by atoms with Crippen LogP contribution in [0.25, 0.3) is 5.76 Å². The summed E-state index contributed by atoms with van der Waals surface area (Å²) in [5.41, 5.74) is 1.51. The summed E-state index contributed by atoms with van der Waals surface area (Å²) in [5, 5.41) is 21.6. The van der Waals surface area contributed by atoms with Gasteiger partial charge in [-0.15, -0.1) is 0 Å². The third-order valence-electron chi connectivity index (χ3n) is 6.37. The van der Waals surface area contributed by atoms with Crippen LogP contribution in [0, 0.1) is 19.7 Å². The zero-order chi connectivity index (χ0) is 23.7. The van der Waals surface area contributed by atoms with Crippen molar-refractivity contribution in [1.29, 1.82) is 0 Å². The normalized spacial score (nSPS) is 21.1. The third kappa shape index (κ3) is 4.36. The zero-order valence-corrected chi connectivity index (χ0v) is 18.7. The van der Waals surface area contributed by atoms with Crippen LogP contribution in [-0.4, -0.2) is 71.1 Å². The van der Waals surface area contributed by atoms with Crippen molar-refractivity contribution in [3.63, 3.8) is 0 Å². The van der Waals surface area contributed by atoms with E-state index in [0.717, 1.165) is 11.1 Å². The van der Waals surface area contributed by atoms with Crippen molar-refractivity contribution < 1.29 is 28.9 Å². The number of morpholine rings is 1. The molecule has 2 heterocycles. The number of benzene rings is 2. The first kappa shape index (κ1) is 22.9. The number of carbonyl (C=O) groups is 2. The second-order valence-corrected chi connectivity index (χ2v) is 8.42. The highest BCUT2D eigenvalue weighted by atomic mass is 19.1. The summed E-state index contributed by atoms with van der Waals surface area (Å²) < 4.78 is 20.2. The maximum Gasteiger partial charge on any atom is 0.295 e. The number of aromatic hydroxyl groups is 1. The number of ether oxygens (including phenoxy) is 1. The average molecular weight is 454 g/mol. The van der Waals surface area contributed by atoms with Crippen molar-refractivity contribution in [2.24, 2.45) is 0 Å². The molecule has 2 aliphatic rings. The molecule has 2 N–H and O–H groups in total. The van der Waals surface area contributed by atoms with Gasteiger partial charge in [0.2, 0.25) is 0 Å². The molecule has 0 bridgehead atoms. The Hall–Kier alpha value is -3.23. The van der Waals surface area contributed by atoms with Gasteiger partial charge >= 0.3 is 0 Å². The Morgan fingerprint density at radius 1 is 1.09 bits per heavy atom. The number of aryl methyl sites for hydroxylation is 2. The molecule has 8 heteroatoms. The average Bonchev–Trinajstić information content (AvgIpc) is 3.05. The summed E-state index contributed by atoms with van der Waals surface area (Å²) in [5.74, 6) is -3.03. The van der Waals surface area contributed by atoms with E-state index in [9.17, 15) is 24.2 Å². The molecule has 2 aromatic rings. The van der Waals surface area contributed by atoms with E-state index in [1.165, 1.54) is 29.2 Å². The van der Waals surface area contributed by atoms with E-state index in [1.54, 1.807) is 19.1 Å². The number of hydrogen-bond donors (Lipinski definition) is 2. The minimum absolute atomic E-state index is 0.0330. The van der Waals surface area contributed by atoms with Gasteiger partial charge in [0, 0.05) is 31.7 Å². The van der Waals surface area contributed by atoms with E-state index in [0.29, 0.717) is 32.8 Å². The maximum atomic E-state index is 14.9. The molecule has 174 valence electrons. The van der Waals surface area contributed by atoms with Crippen LogP contribution in [0.3, 0.4) is 0 Å². The highest BCUT2D eigenvalue weighted by Crippen LogP contribution is 2.41. The molecule has 1 amide bonds. The van der Waals surface area contributed by atoms with E-state index >= 15 is 0 Å². The van der Waals surface area contributed by atoms with Crippen LogP contribution in [0.1, 0.15) is 28.3 Å². The fourth-order valence-electron chi connectivity index (χ4n) is 4.34. The fraction of sp³-hybridized carbons (Fsp3) is 0.360. The topological polar surface area (TPSA) is 90.3 Å². The van der Waals surface area contributed by atoms with Gasteiger partial charge < -0.3 is 19.8 Å². The monoisotopic (exact) mass is 454 g/mol. The summed E-state index contributed by atoms with van der Waals surface area (Å²) in [6, 6.07) is 7.83. The molecule has 7 nitrogen and oxygen atoms in total. The van der Waals surface area contributed by atoms with Gasteiger partial charge in [0.25, 0.3) is 11.7 Å². The minimum atomic E-state index is -1.10. The zero-order valence-electron chi connectivity index (χ0n) is 18.7. The van der Waals surface area contributed by atoms with Crippen molar-refractivity contribution in [2.45, 2.75) is 19.9 Å². The van der Waals surface area contributed by atoms with Crippen molar-refractivity contribution in [2.75, 3.05) is 39.4 Å². The van der Waals surface area contributed by atoms with Gasteiger partial charge in [-0.25, -0.2) is 4.39 Å². The molecule has 4 rings (SSSR count). The highest BCUT2D eigenvalue weighted by molar-refractivity contribution is 6.46. The number of aliphatic hydroxyl groups excluding tert-OH is 1. The standard InChI is InChI=1S/C25H27FN2O5/c1-15-13-18(20(29)14-16(15)2)23(30)21-22(17-5-3-4-6-19(17)26)28(25(32)24(21)31)8-7-27-9-11-33-12-10-27/h3-6,13-14,22,29-30H,7-12H2,1-2H3/t22-/m1/s1. The number of nitrogens with zero attached hydrogens (tertiary/aromatic N) is 2. The second-order valence-electron chi connectivity index (χ2n) is 8.42. The number of phenols is 1. The van der Waals surface area contributed by atoms with E-state index in [1.807, 2.05) is 6.92 Å². The Morgan fingerprint density at radius 3 is 2.45 bits per heavy atom. The summed E-state index contributed by atoms with van der Waals surface area (Å²) in [6.07, 6.45) is 0. The van der Waals surface area contributed by atoms with Crippen molar-refractivity contribution in [3.8, 4) is 5.75 Å². The molecule has 2 aromatic carbocycles. The molecule has 0 aromatic heterocycles. The summed E-state index contributed by atoms with van der Waals surface area (Å²) in [6.45, 7) is 6.85. The fourth-order valence-corrected chi connectivity index (χ4v) is 4.34. The Balaban J connectivity index is 1.80. The second kappa shape index (κ2) is 9.33. The van der Waals surface area contributed by atoms with Gasteiger partial charge in [-0.05, 0) is 43.2 Å². The van der Waals surface area contributed by atoms with E-state index in [2.05, 4.69) is 4.90 Å². The van der Waals surface area contributed by atoms with Gasteiger partial charge in [0.1, 0.15) is 17.3 Å². The first-order chi connectivity index (χ1) is 15.8. The molecule has 0 radical (unpaired) electrons. The number of amides is 1. The van der Waals surface area contributed by atoms with Crippen LogP contribution < -0.4 is 0 Å². The molecular weight excluding hydrogens is 427 g/mol. The third-order valence-corrected chi connectivity index (χ3v) is 6.37. The molecule has 0 unspecified atom stereocenters. The van der Waals surface area contributed by atoms with E-state index in [4.69, 9.17) is 4.74 Å². The van der Waals surface area contributed by atoms with Crippen molar-refractivity contribution in [1.82, 2.24) is 9.80 Å². The number of phenolic OH excluding ortho intramolecular Hbond substituents is 1. The lowest BCUT2D eigenvalue weighted by atomic mass is 9.93. The molecule has 2 fully saturated rings.